The SMILES string of the molecule is COC(C)(C)CC(C)Nc1ccc2c(c1)OCCO2. The van der Waals surface area contributed by atoms with Gasteiger partial charge in [-0.15, -0.1) is 0 Å². The second kappa shape index (κ2) is 5.70. The summed E-state index contributed by atoms with van der Waals surface area (Å²) in [5, 5.41) is 3.47. The van der Waals surface area contributed by atoms with Gasteiger partial charge in [0, 0.05) is 24.9 Å². The summed E-state index contributed by atoms with van der Waals surface area (Å²) < 4.78 is 16.5. The maximum atomic E-state index is 5.58. The van der Waals surface area contributed by atoms with E-state index in [4.69, 9.17) is 14.2 Å². The predicted molar refractivity (Wildman–Crippen MR) is 76.2 cm³/mol. The number of methoxy groups -OCH3 is 1. The molecular formula is C15H23NO3. The molecule has 0 bridgehead atoms. The highest BCUT2D eigenvalue weighted by Crippen LogP contribution is 2.33. The van der Waals surface area contributed by atoms with Gasteiger partial charge in [0.1, 0.15) is 13.2 Å². The van der Waals surface area contributed by atoms with E-state index >= 15 is 0 Å². The van der Waals surface area contributed by atoms with Crippen LogP contribution >= 0.6 is 0 Å². The molecule has 1 aliphatic rings. The van der Waals surface area contributed by atoms with Crippen LogP contribution in [0.4, 0.5) is 5.69 Å². The lowest BCUT2D eigenvalue weighted by Gasteiger charge is -2.28. The van der Waals surface area contributed by atoms with E-state index in [-0.39, 0.29) is 5.60 Å². The van der Waals surface area contributed by atoms with Crippen LogP contribution in [0.15, 0.2) is 18.2 Å². The van der Waals surface area contributed by atoms with E-state index < -0.39 is 0 Å². The highest BCUT2D eigenvalue weighted by atomic mass is 16.6. The lowest BCUT2D eigenvalue weighted by Crippen LogP contribution is -2.31. The van der Waals surface area contributed by atoms with Gasteiger partial charge in [-0.05, 0) is 39.3 Å². The molecule has 19 heavy (non-hydrogen) atoms. The van der Waals surface area contributed by atoms with Crippen molar-refractivity contribution in [2.75, 3.05) is 25.6 Å². The average Bonchev–Trinajstić information content (AvgIpc) is 2.38. The number of fused-ring (bicyclic) bond motifs is 1. The quantitative estimate of drug-likeness (QED) is 0.888. The van der Waals surface area contributed by atoms with Crippen molar-refractivity contribution in [1.29, 1.82) is 0 Å². The first-order valence-corrected chi connectivity index (χ1v) is 6.71. The topological polar surface area (TPSA) is 39.7 Å². The van der Waals surface area contributed by atoms with Crippen LogP contribution in [-0.2, 0) is 4.74 Å². The molecule has 1 unspecified atom stereocenters. The zero-order valence-electron chi connectivity index (χ0n) is 12.2. The summed E-state index contributed by atoms with van der Waals surface area (Å²) in [5.74, 6) is 1.64. The molecule has 0 saturated carbocycles. The summed E-state index contributed by atoms with van der Waals surface area (Å²) in [4.78, 5) is 0. The standard InChI is InChI=1S/C15H23NO3/c1-11(10-15(2,3)17-4)16-12-5-6-13-14(9-12)19-8-7-18-13/h5-6,9,11,16H,7-8,10H2,1-4H3. The molecule has 1 aromatic rings. The van der Waals surface area contributed by atoms with E-state index in [9.17, 15) is 0 Å². The minimum absolute atomic E-state index is 0.125. The number of hydrogen-bond acceptors (Lipinski definition) is 4. The van der Waals surface area contributed by atoms with E-state index in [1.165, 1.54) is 0 Å². The van der Waals surface area contributed by atoms with Gasteiger partial charge in [-0.2, -0.15) is 0 Å². The second-order valence-corrected chi connectivity index (χ2v) is 5.57. The van der Waals surface area contributed by atoms with Crippen LogP contribution in [0.2, 0.25) is 0 Å². The molecule has 1 atom stereocenters. The first kappa shape index (κ1) is 14.0. The van der Waals surface area contributed by atoms with Crippen LogP contribution in [0.1, 0.15) is 27.2 Å². The maximum absolute atomic E-state index is 5.58. The molecule has 0 amide bonds. The minimum Gasteiger partial charge on any atom is -0.486 e. The molecule has 106 valence electrons. The Balaban J connectivity index is 1.99. The fourth-order valence-corrected chi connectivity index (χ4v) is 2.29. The van der Waals surface area contributed by atoms with Gasteiger partial charge in [-0.1, -0.05) is 0 Å². The highest BCUT2D eigenvalue weighted by Gasteiger charge is 2.20. The number of ether oxygens (including phenoxy) is 3. The Morgan fingerprint density at radius 1 is 1.26 bits per heavy atom. The number of anilines is 1. The first-order chi connectivity index (χ1) is 9.00. The van der Waals surface area contributed by atoms with Crippen molar-refractivity contribution in [2.45, 2.75) is 38.8 Å². The molecule has 2 rings (SSSR count). The molecule has 1 heterocycles. The van der Waals surface area contributed by atoms with E-state index in [0.717, 1.165) is 23.6 Å². The monoisotopic (exact) mass is 265 g/mol. The molecule has 1 aliphatic heterocycles. The third-order valence-corrected chi connectivity index (χ3v) is 3.31. The Bertz CT molecular complexity index is 431. The summed E-state index contributed by atoms with van der Waals surface area (Å²) in [7, 11) is 1.75. The van der Waals surface area contributed by atoms with Crippen molar-refractivity contribution in [3.63, 3.8) is 0 Å². The molecular weight excluding hydrogens is 242 g/mol. The van der Waals surface area contributed by atoms with Gasteiger partial charge in [-0.25, -0.2) is 0 Å². The van der Waals surface area contributed by atoms with Crippen LogP contribution in [0.3, 0.4) is 0 Å². The Hall–Kier alpha value is -1.42. The summed E-state index contributed by atoms with van der Waals surface area (Å²) in [5.41, 5.74) is 0.920. The Labute approximate surface area is 115 Å². The van der Waals surface area contributed by atoms with Crippen molar-refractivity contribution in [2.24, 2.45) is 0 Å². The summed E-state index contributed by atoms with van der Waals surface area (Å²) >= 11 is 0. The largest absolute Gasteiger partial charge is 0.486 e. The van der Waals surface area contributed by atoms with Crippen LogP contribution in [0.5, 0.6) is 11.5 Å². The number of hydrogen-bond donors (Lipinski definition) is 1. The molecule has 0 fully saturated rings. The number of nitrogens with one attached hydrogen (secondary N) is 1. The second-order valence-electron chi connectivity index (χ2n) is 5.57. The highest BCUT2D eigenvalue weighted by molar-refractivity contribution is 5.55. The smallest absolute Gasteiger partial charge is 0.163 e. The van der Waals surface area contributed by atoms with Gasteiger partial charge in [0.25, 0.3) is 0 Å². The van der Waals surface area contributed by atoms with Gasteiger partial charge in [-0.3, -0.25) is 0 Å². The Kier molecular flexibility index (Phi) is 4.20. The molecule has 0 aromatic heterocycles. The fraction of sp³-hybridized carbons (Fsp3) is 0.600. The van der Waals surface area contributed by atoms with Crippen LogP contribution in [-0.4, -0.2) is 32.0 Å². The maximum Gasteiger partial charge on any atom is 0.163 e. The van der Waals surface area contributed by atoms with Crippen molar-refractivity contribution in [1.82, 2.24) is 0 Å². The minimum atomic E-state index is -0.125. The molecule has 0 aliphatic carbocycles. The summed E-state index contributed by atoms with van der Waals surface area (Å²) in [6, 6.07) is 6.28. The first-order valence-electron chi connectivity index (χ1n) is 6.71. The van der Waals surface area contributed by atoms with Gasteiger partial charge in [0.2, 0.25) is 0 Å². The van der Waals surface area contributed by atoms with E-state index in [2.05, 4.69) is 26.1 Å². The molecule has 0 saturated heterocycles. The van der Waals surface area contributed by atoms with E-state index in [1.54, 1.807) is 7.11 Å². The number of rotatable bonds is 5. The Morgan fingerprint density at radius 2 is 1.95 bits per heavy atom. The zero-order valence-corrected chi connectivity index (χ0v) is 12.2. The van der Waals surface area contributed by atoms with Gasteiger partial charge in [0.15, 0.2) is 11.5 Å². The zero-order chi connectivity index (χ0) is 13.9. The van der Waals surface area contributed by atoms with Crippen molar-refractivity contribution in [3.8, 4) is 11.5 Å². The van der Waals surface area contributed by atoms with Gasteiger partial charge < -0.3 is 19.5 Å². The summed E-state index contributed by atoms with van der Waals surface area (Å²) in [6.45, 7) is 7.57. The van der Waals surface area contributed by atoms with Gasteiger partial charge >= 0.3 is 0 Å². The molecule has 1 aromatic carbocycles. The third-order valence-electron chi connectivity index (χ3n) is 3.31. The van der Waals surface area contributed by atoms with E-state index in [0.29, 0.717) is 19.3 Å². The predicted octanol–water partition coefficient (Wildman–Crippen LogP) is 3.07. The fourth-order valence-electron chi connectivity index (χ4n) is 2.29. The summed E-state index contributed by atoms with van der Waals surface area (Å²) in [6.07, 6.45) is 0.929. The number of benzene rings is 1. The lowest BCUT2D eigenvalue weighted by atomic mass is 9.99. The normalized spacial score (nSPS) is 16.0. The van der Waals surface area contributed by atoms with Crippen molar-refractivity contribution in [3.05, 3.63) is 18.2 Å². The van der Waals surface area contributed by atoms with Crippen molar-refractivity contribution < 1.29 is 14.2 Å². The molecule has 1 N–H and O–H groups in total. The third kappa shape index (κ3) is 3.77. The lowest BCUT2D eigenvalue weighted by molar-refractivity contribution is 0.0128. The van der Waals surface area contributed by atoms with Crippen LogP contribution in [0.25, 0.3) is 0 Å². The van der Waals surface area contributed by atoms with Crippen molar-refractivity contribution >= 4 is 5.69 Å². The van der Waals surface area contributed by atoms with Gasteiger partial charge in [0.05, 0.1) is 5.60 Å². The molecule has 0 spiro atoms. The van der Waals surface area contributed by atoms with E-state index in [1.807, 2.05) is 18.2 Å². The average molecular weight is 265 g/mol. The Morgan fingerprint density at radius 3 is 2.63 bits per heavy atom. The molecule has 4 heteroatoms. The molecule has 4 nitrogen and oxygen atoms in total. The molecule has 0 radical (unpaired) electrons. The van der Waals surface area contributed by atoms with Crippen LogP contribution < -0.4 is 14.8 Å². The van der Waals surface area contributed by atoms with Crippen LogP contribution in [0, 0.1) is 0 Å².